The number of nitro groups is 1. The first-order valence-electron chi connectivity index (χ1n) is 12.8. The topological polar surface area (TPSA) is 105 Å². The zero-order valence-electron chi connectivity index (χ0n) is 21.9. The Bertz CT molecular complexity index is 1590. The molecular formula is C31H29NO7. The Balaban J connectivity index is 1.54. The molecule has 1 aliphatic carbocycles. The average molecular weight is 528 g/mol. The maximum absolute atomic E-state index is 13.6. The molecule has 0 spiro atoms. The van der Waals surface area contributed by atoms with Crippen LogP contribution in [0, 0.1) is 21.4 Å². The molecule has 3 aromatic rings. The molecule has 0 radical (unpaired) electrons. The van der Waals surface area contributed by atoms with E-state index in [4.69, 9.17) is 14.2 Å². The number of carbonyl (C=O) groups is 2. The Kier molecular flexibility index (Phi) is 6.72. The number of hydrogen-bond donors (Lipinski definition) is 0. The first-order chi connectivity index (χ1) is 18.7. The van der Waals surface area contributed by atoms with Gasteiger partial charge >= 0.3 is 5.97 Å². The van der Waals surface area contributed by atoms with E-state index < -0.39 is 17.0 Å². The van der Waals surface area contributed by atoms with E-state index in [1.54, 1.807) is 19.1 Å². The largest absolute Gasteiger partial charge is 0.459 e. The van der Waals surface area contributed by atoms with Crippen molar-refractivity contribution in [3.05, 3.63) is 88.5 Å². The van der Waals surface area contributed by atoms with Gasteiger partial charge in [0.1, 0.15) is 12.4 Å². The zero-order chi connectivity index (χ0) is 27.9. The lowest BCUT2D eigenvalue weighted by molar-refractivity contribution is -0.383. The zero-order valence-corrected chi connectivity index (χ0v) is 21.9. The number of allylic oxidation sites excluding steroid dienone is 3. The number of carbonyl (C=O) groups excluding carboxylic acids is 2. The molecule has 1 heterocycles. The molecule has 0 saturated carbocycles. The third-order valence-electron chi connectivity index (χ3n) is 7.80. The van der Waals surface area contributed by atoms with Crippen LogP contribution in [0.1, 0.15) is 43.5 Å². The molecule has 200 valence electrons. The van der Waals surface area contributed by atoms with E-state index in [1.165, 1.54) is 12.1 Å². The minimum absolute atomic E-state index is 0.0287. The molecule has 1 aliphatic heterocycles. The number of aldehydes is 1. The predicted molar refractivity (Wildman–Crippen MR) is 148 cm³/mol. The Morgan fingerprint density at radius 3 is 2.77 bits per heavy atom. The smallest absolute Gasteiger partial charge is 0.339 e. The van der Waals surface area contributed by atoms with Gasteiger partial charge in [-0.25, -0.2) is 4.79 Å². The van der Waals surface area contributed by atoms with E-state index >= 15 is 0 Å². The highest BCUT2D eigenvalue weighted by Crippen LogP contribution is 2.49. The summed E-state index contributed by atoms with van der Waals surface area (Å²) in [4.78, 5) is 37.0. The number of fused-ring (bicyclic) bond motifs is 5. The van der Waals surface area contributed by atoms with Crippen LogP contribution >= 0.6 is 0 Å². The lowest BCUT2D eigenvalue weighted by atomic mass is 9.64. The summed E-state index contributed by atoms with van der Waals surface area (Å²) < 4.78 is 17.2. The van der Waals surface area contributed by atoms with Crippen molar-refractivity contribution >= 4 is 39.5 Å². The molecule has 0 unspecified atom stereocenters. The highest BCUT2D eigenvalue weighted by Gasteiger charge is 2.38. The van der Waals surface area contributed by atoms with Crippen molar-refractivity contribution in [2.75, 3.05) is 6.79 Å². The van der Waals surface area contributed by atoms with Gasteiger partial charge in [0.25, 0.3) is 5.69 Å². The van der Waals surface area contributed by atoms with Crippen LogP contribution in [0.2, 0.25) is 0 Å². The summed E-state index contributed by atoms with van der Waals surface area (Å²) in [6.07, 6.45) is 6.11. The van der Waals surface area contributed by atoms with Crippen LogP contribution in [0.5, 0.6) is 11.5 Å². The van der Waals surface area contributed by atoms with E-state index in [2.05, 4.69) is 19.2 Å². The fraction of sp³-hybridized carbons (Fsp3) is 0.290. The van der Waals surface area contributed by atoms with Gasteiger partial charge in [0.15, 0.2) is 11.5 Å². The summed E-state index contributed by atoms with van der Waals surface area (Å²) in [6.45, 7) is 11.7. The van der Waals surface area contributed by atoms with Gasteiger partial charge in [0, 0.05) is 23.8 Å². The molecule has 0 aromatic heterocycles. The number of ether oxygens (including phenoxy) is 3. The van der Waals surface area contributed by atoms with Crippen molar-refractivity contribution in [1.82, 2.24) is 0 Å². The van der Waals surface area contributed by atoms with Crippen molar-refractivity contribution in [1.29, 1.82) is 0 Å². The van der Waals surface area contributed by atoms with Crippen LogP contribution in [0.4, 0.5) is 5.69 Å². The predicted octanol–water partition coefficient (Wildman–Crippen LogP) is 6.85. The molecule has 0 amide bonds. The summed E-state index contributed by atoms with van der Waals surface area (Å²) in [5, 5.41) is 14.1. The van der Waals surface area contributed by atoms with Crippen molar-refractivity contribution in [3.63, 3.8) is 0 Å². The average Bonchev–Trinajstić information content (AvgIpc) is 3.40. The van der Waals surface area contributed by atoms with Crippen molar-refractivity contribution in [3.8, 4) is 11.5 Å². The molecule has 0 saturated heterocycles. The summed E-state index contributed by atoms with van der Waals surface area (Å²) in [5.41, 5.74) is 0.863. The molecule has 3 atom stereocenters. The number of nitrogens with zero attached hydrogens (tertiary/aromatic N) is 1. The maximum Gasteiger partial charge on any atom is 0.339 e. The Hall–Kier alpha value is -4.46. The van der Waals surface area contributed by atoms with Gasteiger partial charge in [0.05, 0.1) is 15.9 Å². The number of hydrogen-bond acceptors (Lipinski definition) is 7. The van der Waals surface area contributed by atoms with Crippen LogP contribution < -0.4 is 9.47 Å². The van der Waals surface area contributed by atoms with Crippen LogP contribution in [-0.2, 0) is 9.53 Å². The first-order valence-corrected chi connectivity index (χ1v) is 12.8. The molecule has 0 N–H and O–H groups in total. The van der Waals surface area contributed by atoms with E-state index in [1.807, 2.05) is 25.1 Å². The SMILES string of the molecule is C=C[C@@]1(C)CCC=C(C[C@@H](C)OC(=O)c2cc3c(c4c2c([N+](=O)[O-])cc2ccccc24)OCO3)[C@@H]1C(=C)C=O. The minimum atomic E-state index is -0.710. The molecule has 8 nitrogen and oxygen atoms in total. The van der Waals surface area contributed by atoms with Gasteiger partial charge < -0.3 is 14.2 Å². The Morgan fingerprint density at radius 1 is 1.28 bits per heavy atom. The second kappa shape index (κ2) is 10.0. The minimum Gasteiger partial charge on any atom is -0.459 e. The van der Waals surface area contributed by atoms with E-state index in [0.717, 1.165) is 24.7 Å². The van der Waals surface area contributed by atoms with Gasteiger partial charge in [-0.2, -0.15) is 0 Å². The summed E-state index contributed by atoms with van der Waals surface area (Å²) in [6, 6.07) is 10.1. The second-order valence-corrected chi connectivity index (χ2v) is 10.4. The van der Waals surface area contributed by atoms with Crippen molar-refractivity contribution in [2.24, 2.45) is 11.3 Å². The fourth-order valence-electron chi connectivity index (χ4n) is 5.97. The molecular weight excluding hydrogens is 498 g/mol. The quantitative estimate of drug-likeness (QED) is 0.0600. The third-order valence-corrected chi connectivity index (χ3v) is 7.80. The van der Waals surface area contributed by atoms with Gasteiger partial charge in [-0.1, -0.05) is 55.5 Å². The first kappa shape index (κ1) is 26.2. The van der Waals surface area contributed by atoms with Gasteiger partial charge in [0.2, 0.25) is 6.79 Å². The van der Waals surface area contributed by atoms with Crippen LogP contribution in [0.15, 0.2) is 72.9 Å². The molecule has 5 rings (SSSR count). The molecule has 2 aliphatic rings. The summed E-state index contributed by atoms with van der Waals surface area (Å²) in [7, 11) is 0. The summed E-state index contributed by atoms with van der Waals surface area (Å²) in [5.74, 6) is -0.272. The number of nitro benzene ring substituents is 1. The number of rotatable bonds is 8. The Morgan fingerprint density at radius 2 is 2.05 bits per heavy atom. The van der Waals surface area contributed by atoms with E-state index in [-0.39, 0.29) is 34.8 Å². The van der Waals surface area contributed by atoms with Gasteiger partial charge in [-0.15, -0.1) is 6.58 Å². The second-order valence-electron chi connectivity index (χ2n) is 10.4. The third kappa shape index (κ3) is 4.46. The molecule has 39 heavy (non-hydrogen) atoms. The fourth-order valence-corrected chi connectivity index (χ4v) is 5.97. The van der Waals surface area contributed by atoms with Crippen LogP contribution in [-0.4, -0.2) is 30.1 Å². The van der Waals surface area contributed by atoms with E-state index in [9.17, 15) is 19.7 Å². The standard InChI is InChI=1S/C31H29NO7/c1-5-31(4)12-8-10-21(28(31)18(2)16-33)13-19(3)39-30(34)23-15-25-29(38-17-37-25)27-22-11-7-6-9-20(22)14-24(26(23)27)32(35)36/h5-7,9-11,14-16,19,28H,1-2,8,12-13,17H2,3-4H3/t19-,28+,31+/m1/s1. The molecule has 8 heteroatoms. The number of non-ortho nitro benzene ring substituents is 1. The molecule has 3 aromatic carbocycles. The summed E-state index contributed by atoms with van der Waals surface area (Å²) >= 11 is 0. The highest BCUT2D eigenvalue weighted by atomic mass is 16.7. The normalized spacial score (nSPS) is 20.8. The van der Waals surface area contributed by atoms with Gasteiger partial charge in [-0.3, -0.25) is 14.9 Å². The number of esters is 1. The molecule has 0 fully saturated rings. The lowest BCUT2D eigenvalue weighted by Crippen LogP contribution is -2.33. The monoisotopic (exact) mass is 527 g/mol. The molecule has 0 bridgehead atoms. The van der Waals surface area contributed by atoms with Crippen molar-refractivity contribution < 1.29 is 28.7 Å². The number of benzene rings is 3. The van der Waals surface area contributed by atoms with Gasteiger partial charge in [-0.05, 0) is 47.6 Å². The highest BCUT2D eigenvalue weighted by molar-refractivity contribution is 6.21. The maximum atomic E-state index is 13.6. The van der Waals surface area contributed by atoms with E-state index in [0.29, 0.717) is 39.7 Å². The van der Waals surface area contributed by atoms with Crippen LogP contribution in [0.25, 0.3) is 21.5 Å². The Labute approximate surface area is 225 Å². The van der Waals surface area contributed by atoms with Crippen LogP contribution in [0.3, 0.4) is 0 Å². The lowest BCUT2D eigenvalue weighted by Gasteiger charge is -2.40. The van der Waals surface area contributed by atoms with Crippen molar-refractivity contribution in [2.45, 2.75) is 39.2 Å².